The summed E-state index contributed by atoms with van der Waals surface area (Å²) < 4.78 is 10.7. The third-order valence-corrected chi connectivity index (χ3v) is 4.60. The first kappa shape index (κ1) is 17.6. The van der Waals surface area contributed by atoms with Crippen molar-refractivity contribution < 1.29 is 19.4 Å². The van der Waals surface area contributed by atoms with Crippen LogP contribution in [0.4, 0.5) is 0 Å². The fraction of sp³-hybridized carbons (Fsp3) is 0.611. The number of methoxy groups -OCH3 is 2. The van der Waals surface area contributed by atoms with Crippen LogP contribution in [-0.2, 0) is 4.79 Å². The van der Waals surface area contributed by atoms with Gasteiger partial charge in [0.1, 0.15) is 6.04 Å². The molecule has 1 saturated heterocycles. The second-order valence-electron chi connectivity index (χ2n) is 6.01. The summed E-state index contributed by atoms with van der Waals surface area (Å²) in [6.07, 6.45) is 4.78. The summed E-state index contributed by atoms with van der Waals surface area (Å²) >= 11 is 0. The average Bonchev–Trinajstić information content (AvgIpc) is 3.04. The lowest BCUT2D eigenvalue weighted by Gasteiger charge is -2.32. The van der Waals surface area contributed by atoms with Crippen LogP contribution in [0.1, 0.15) is 50.6 Å². The summed E-state index contributed by atoms with van der Waals surface area (Å²) in [5.74, 6) is 0.670. The van der Waals surface area contributed by atoms with Gasteiger partial charge in [0.15, 0.2) is 11.5 Å². The van der Waals surface area contributed by atoms with Gasteiger partial charge in [-0.3, -0.25) is 9.69 Å². The molecule has 2 rings (SSSR count). The molecule has 1 aromatic carbocycles. The highest BCUT2D eigenvalue weighted by Gasteiger charge is 2.35. The summed E-state index contributed by atoms with van der Waals surface area (Å²) in [6, 6.07) is 5.64. The van der Waals surface area contributed by atoms with Crippen molar-refractivity contribution in [2.45, 2.75) is 51.1 Å². The van der Waals surface area contributed by atoms with Crippen molar-refractivity contribution in [1.29, 1.82) is 0 Å². The molecule has 23 heavy (non-hydrogen) atoms. The summed E-state index contributed by atoms with van der Waals surface area (Å²) in [5.41, 5.74) is 1.10. The van der Waals surface area contributed by atoms with Crippen LogP contribution in [0.15, 0.2) is 18.2 Å². The fourth-order valence-corrected chi connectivity index (χ4v) is 3.41. The van der Waals surface area contributed by atoms with E-state index >= 15 is 0 Å². The van der Waals surface area contributed by atoms with E-state index in [1.54, 1.807) is 14.2 Å². The number of carboxylic acid groups (broad SMARTS) is 1. The molecule has 2 unspecified atom stereocenters. The van der Waals surface area contributed by atoms with Crippen molar-refractivity contribution in [3.8, 4) is 11.5 Å². The number of hydrogen-bond acceptors (Lipinski definition) is 4. The number of carboxylic acids is 1. The van der Waals surface area contributed by atoms with Gasteiger partial charge in [-0.15, -0.1) is 0 Å². The lowest BCUT2D eigenvalue weighted by atomic mass is 9.98. The normalized spacial score (nSPS) is 19.5. The monoisotopic (exact) mass is 321 g/mol. The van der Waals surface area contributed by atoms with Gasteiger partial charge < -0.3 is 14.6 Å². The number of hydrogen-bond donors (Lipinski definition) is 1. The minimum atomic E-state index is -0.718. The molecular weight excluding hydrogens is 294 g/mol. The Hall–Kier alpha value is -1.75. The Morgan fingerprint density at radius 1 is 1.35 bits per heavy atom. The standard InChI is InChI=1S/C18H27NO4/c1-4-5-7-14(19-11-6-8-15(19)18(20)21)13-9-10-16(22-2)17(12-13)23-3/h9-10,12,14-15H,4-8,11H2,1-3H3,(H,20,21). The topological polar surface area (TPSA) is 59.0 Å². The van der Waals surface area contributed by atoms with Crippen LogP contribution in [-0.4, -0.2) is 42.8 Å². The van der Waals surface area contributed by atoms with Gasteiger partial charge in [0, 0.05) is 6.04 Å². The highest BCUT2D eigenvalue weighted by Crippen LogP contribution is 2.37. The molecule has 0 aromatic heterocycles. The lowest BCUT2D eigenvalue weighted by Crippen LogP contribution is -2.38. The van der Waals surface area contributed by atoms with Crippen LogP contribution in [0, 0.1) is 0 Å². The van der Waals surface area contributed by atoms with E-state index in [0.717, 1.165) is 44.2 Å². The summed E-state index contributed by atoms with van der Waals surface area (Å²) in [4.78, 5) is 13.7. The molecule has 1 N–H and O–H groups in total. The zero-order chi connectivity index (χ0) is 16.8. The zero-order valence-electron chi connectivity index (χ0n) is 14.2. The van der Waals surface area contributed by atoms with Crippen LogP contribution in [0.5, 0.6) is 11.5 Å². The van der Waals surface area contributed by atoms with Gasteiger partial charge in [-0.2, -0.15) is 0 Å². The number of aliphatic carboxylic acids is 1. The first-order valence-electron chi connectivity index (χ1n) is 8.32. The van der Waals surface area contributed by atoms with Crippen molar-refractivity contribution in [2.75, 3.05) is 20.8 Å². The molecule has 1 fully saturated rings. The van der Waals surface area contributed by atoms with Crippen LogP contribution in [0.25, 0.3) is 0 Å². The number of carbonyl (C=O) groups is 1. The molecule has 1 heterocycles. The maximum atomic E-state index is 11.6. The van der Waals surface area contributed by atoms with Crippen molar-refractivity contribution in [3.63, 3.8) is 0 Å². The number of nitrogens with zero attached hydrogens (tertiary/aromatic N) is 1. The Balaban J connectivity index is 2.32. The van der Waals surface area contributed by atoms with E-state index in [4.69, 9.17) is 9.47 Å². The van der Waals surface area contributed by atoms with E-state index in [-0.39, 0.29) is 12.1 Å². The highest BCUT2D eigenvalue weighted by atomic mass is 16.5. The Morgan fingerprint density at radius 2 is 2.09 bits per heavy atom. The summed E-state index contributed by atoms with van der Waals surface area (Å²) in [5, 5.41) is 9.50. The van der Waals surface area contributed by atoms with Gasteiger partial charge in [0.05, 0.1) is 14.2 Å². The Kier molecular flexibility index (Phi) is 6.28. The molecule has 0 radical (unpaired) electrons. The van der Waals surface area contributed by atoms with Crippen molar-refractivity contribution >= 4 is 5.97 Å². The molecule has 1 aliphatic heterocycles. The van der Waals surface area contributed by atoms with Crippen molar-refractivity contribution in [1.82, 2.24) is 4.90 Å². The van der Waals surface area contributed by atoms with Gasteiger partial charge in [-0.25, -0.2) is 0 Å². The molecular formula is C18H27NO4. The number of benzene rings is 1. The number of likely N-dealkylation sites (tertiary alicyclic amines) is 1. The second kappa shape index (κ2) is 8.20. The Morgan fingerprint density at radius 3 is 2.70 bits per heavy atom. The van der Waals surface area contributed by atoms with Gasteiger partial charge in [0.2, 0.25) is 0 Å². The van der Waals surface area contributed by atoms with E-state index in [2.05, 4.69) is 11.8 Å². The molecule has 1 aliphatic rings. The minimum Gasteiger partial charge on any atom is -0.493 e. The minimum absolute atomic E-state index is 0.110. The number of unbranched alkanes of at least 4 members (excludes halogenated alkanes) is 1. The third kappa shape index (κ3) is 3.96. The molecule has 128 valence electrons. The largest absolute Gasteiger partial charge is 0.493 e. The molecule has 0 bridgehead atoms. The van der Waals surface area contributed by atoms with Gasteiger partial charge in [-0.05, 0) is 43.5 Å². The smallest absolute Gasteiger partial charge is 0.320 e. The quantitative estimate of drug-likeness (QED) is 0.794. The first-order chi connectivity index (χ1) is 11.1. The van der Waals surface area contributed by atoms with Crippen LogP contribution in [0.3, 0.4) is 0 Å². The number of rotatable bonds is 8. The second-order valence-corrected chi connectivity index (χ2v) is 6.01. The summed E-state index contributed by atoms with van der Waals surface area (Å²) in [6.45, 7) is 2.99. The predicted molar refractivity (Wildman–Crippen MR) is 89.2 cm³/mol. The van der Waals surface area contributed by atoms with Crippen molar-refractivity contribution in [2.24, 2.45) is 0 Å². The molecule has 0 aliphatic carbocycles. The molecule has 0 amide bonds. The van der Waals surface area contributed by atoms with E-state index in [1.807, 2.05) is 18.2 Å². The summed E-state index contributed by atoms with van der Waals surface area (Å²) in [7, 11) is 3.24. The fourth-order valence-electron chi connectivity index (χ4n) is 3.41. The molecule has 1 aromatic rings. The van der Waals surface area contributed by atoms with Crippen LogP contribution < -0.4 is 9.47 Å². The predicted octanol–water partition coefficient (Wildman–Crippen LogP) is 3.48. The molecule has 5 nitrogen and oxygen atoms in total. The van der Waals surface area contributed by atoms with Gasteiger partial charge in [-0.1, -0.05) is 25.8 Å². The highest BCUT2D eigenvalue weighted by molar-refractivity contribution is 5.74. The van der Waals surface area contributed by atoms with Crippen molar-refractivity contribution in [3.05, 3.63) is 23.8 Å². The SMILES string of the molecule is CCCCC(c1ccc(OC)c(OC)c1)N1CCCC1C(=O)O. The molecule has 0 spiro atoms. The Bertz CT molecular complexity index is 532. The number of ether oxygens (including phenoxy) is 2. The maximum Gasteiger partial charge on any atom is 0.320 e. The third-order valence-electron chi connectivity index (χ3n) is 4.60. The first-order valence-corrected chi connectivity index (χ1v) is 8.32. The average molecular weight is 321 g/mol. The zero-order valence-corrected chi connectivity index (χ0v) is 14.2. The molecule has 0 saturated carbocycles. The van der Waals surface area contributed by atoms with Crippen LogP contribution >= 0.6 is 0 Å². The lowest BCUT2D eigenvalue weighted by molar-refractivity contribution is -0.143. The van der Waals surface area contributed by atoms with E-state index in [0.29, 0.717) is 11.5 Å². The van der Waals surface area contributed by atoms with E-state index in [9.17, 15) is 9.90 Å². The molecule has 5 heteroatoms. The Labute approximate surface area is 138 Å². The molecule has 2 atom stereocenters. The van der Waals surface area contributed by atoms with E-state index in [1.165, 1.54) is 0 Å². The van der Waals surface area contributed by atoms with E-state index < -0.39 is 5.97 Å². The van der Waals surface area contributed by atoms with Crippen LogP contribution in [0.2, 0.25) is 0 Å². The van der Waals surface area contributed by atoms with Gasteiger partial charge >= 0.3 is 5.97 Å². The maximum absolute atomic E-state index is 11.6. The van der Waals surface area contributed by atoms with Gasteiger partial charge in [0.25, 0.3) is 0 Å².